The average Bonchev–Trinajstić information content (AvgIpc) is 2.66. The molecule has 13 heteroatoms. The highest BCUT2D eigenvalue weighted by Crippen LogP contribution is 2.34. The lowest BCUT2D eigenvalue weighted by Crippen LogP contribution is -2.18. The van der Waals surface area contributed by atoms with Crippen LogP contribution < -0.4 is 11.1 Å². The second-order valence-corrected chi connectivity index (χ2v) is 8.70. The molecule has 0 radical (unpaired) electrons. The van der Waals surface area contributed by atoms with Crippen molar-refractivity contribution in [3.8, 4) is 11.3 Å². The Morgan fingerprint density at radius 1 is 1.14 bits per heavy atom. The summed E-state index contributed by atoms with van der Waals surface area (Å²) in [5, 5.41) is 10.7. The number of rotatable bonds is 9. The van der Waals surface area contributed by atoms with Crippen molar-refractivity contribution in [1.29, 1.82) is 0 Å². The lowest BCUT2D eigenvalue weighted by molar-refractivity contribution is -0.140. The fourth-order valence-electron chi connectivity index (χ4n) is 1.90. The number of benzene rings is 1. The Bertz CT molecular complexity index is 875. The molecule has 1 amide bonds. The number of hydrogen-bond acceptors (Lipinski definition) is 10. The fourth-order valence-corrected chi connectivity index (χ4v) is 3.95. The summed E-state index contributed by atoms with van der Waals surface area (Å²) in [4.78, 5) is 26.4. The van der Waals surface area contributed by atoms with Crippen LogP contribution in [0.1, 0.15) is 6.92 Å². The summed E-state index contributed by atoms with van der Waals surface area (Å²) in [6.45, 7) is 1.88. The maximum Gasteiger partial charge on any atom is 0.414 e. The largest absolute Gasteiger partial charge is 0.465 e. The molecular weight excluding hydrogens is 461 g/mol. The first-order valence-electron chi connectivity index (χ1n) is 8.14. The standard InChI is InChI=1S/C16H17Cl2N5O4S2/c1-9(24)26-5-7-28-29-8-6-27-16(25)21-15-20-14(19)13(22-23-15)10-3-2-4-11(17)12(10)18/h2-4H,5-8H2,1H3,(H3,19,20,21,23,25). The van der Waals surface area contributed by atoms with E-state index in [0.29, 0.717) is 28.7 Å². The third-order valence-electron chi connectivity index (χ3n) is 3.09. The molecule has 9 nitrogen and oxygen atoms in total. The zero-order valence-corrected chi connectivity index (χ0v) is 18.3. The van der Waals surface area contributed by atoms with Crippen molar-refractivity contribution in [2.24, 2.45) is 0 Å². The van der Waals surface area contributed by atoms with Crippen LogP contribution in [0.15, 0.2) is 18.2 Å². The molecule has 0 bridgehead atoms. The normalized spacial score (nSPS) is 10.4. The van der Waals surface area contributed by atoms with Crippen molar-refractivity contribution >= 4 is 68.6 Å². The van der Waals surface area contributed by atoms with Crippen molar-refractivity contribution < 1.29 is 19.1 Å². The smallest absolute Gasteiger partial charge is 0.414 e. The second-order valence-electron chi connectivity index (χ2n) is 5.22. The molecule has 0 saturated carbocycles. The monoisotopic (exact) mass is 477 g/mol. The predicted octanol–water partition coefficient (Wildman–Crippen LogP) is 3.92. The zero-order valence-electron chi connectivity index (χ0n) is 15.2. The van der Waals surface area contributed by atoms with Crippen molar-refractivity contribution in [2.45, 2.75) is 6.92 Å². The van der Waals surface area contributed by atoms with Gasteiger partial charge in [-0.2, -0.15) is 4.98 Å². The Balaban J connectivity index is 1.77. The van der Waals surface area contributed by atoms with Crippen LogP contribution in [0.2, 0.25) is 10.0 Å². The van der Waals surface area contributed by atoms with Crippen molar-refractivity contribution in [2.75, 3.05) is 35.8 Å². The minimum atomic E-state index is -0.731. The molecular formula is C16H17Cl2N5O4S2. The number of hydrogen-bond donors (Lipinski definition) is 2. The Morgan fingerprint density at radius 2 is 1.83 bits per heavy atom. The summed E-state index contributed by atoms with van der Waals surface area (Å²) in [7, 11) is 3.00. The Morgan fingerprint density at radius 3 is 2.48 bits per heavy atom. The van der Waals surface area contributed by atoms with Crippen molar-refractivity contribution in [3.05, 3.63) is 28.2 Å². The average molecular weight is 478 g/mol. The van der Waals surface area contributed by atoms with Gasteiger partial charge in [0.2, 0.25) is 0 Å². The topological polar surface area (TPSA) is 129 Å². The molecule has 1 heterocycles. The molecule has 3 N–H and O–H groups in total. The van der Waals surface area contributed by atoms with E-state index in [1.165, 1.54) is 28.5 Å². The summed E-state index contributed by atoms with van der Waals surface area (Å²) in [5.74, 6) is 0.831. The van der Waals surface area contributed by atoms with Gasteiger partial charge in [-0.15, -0.1) is 10.2 Å². The van der Waals surface area contributed by atoms with E-state index in [1.54, 1.807) is 18.2 Å². The number of halogens is 2. The minimum Gasteiger partial charge on any atom is -0.465 e. The second kappa shape index (κ2) is 11.9. The molecule has 0 unspecified atom stereocenters. The van der Waals surface area contributed by atoms with Gasteiger partial charge in [0.1, 0.15) is 18.9 Å². The van der Waals surface area contributed by atoms with E-state index in [0.717, 1.165) is 0 Å². The first kappa shape index (κ1) is 23.3. The molecule has 0 spiro atoms. The maximum absolute atomic E-state index is 11.8. The Labute approximate surface area is 184 Å². The van der Waals surface area contributed by atoms with Gasteiger partial charge in [0.25, 0.3) is 5.95 Å². The van der Waals surface area contributed by atoms with E-state index in [9.17, 15) is 9.59 Å². The SMILES string of the molecule is CC(=O)OCCSSCCOC(=O)Nc1nnc(-c2cccc(Cl)c2Cl)c(N)n1. The van der Waals surface area contributed by atoms with Gasteiger partial charge in [0.05, 0.1) is 10.0 Å². The maximum atomic E-state index is 11.8. The molecule has 2 aromatic rings. The molecule has 29 heavy (non-hydrogen) atoms. The molecule has 1 aromatic heterocycles. The zero-order chi connectivity index (χ0) is 21.2. The van der Waals surface area contributed by atoms with Crippen molar-refractivity contribution in [3.63, 3.8) is 0 Å². The summed E-state index contributed by atoms with van der Waals surface area (Å²) < 4.78 is 9.82. The first-order chi connectivity index (χ1) is 13.9. The number of esters is 1. The van der Waals surface area contributed by atoms with E-state index in [4.69, 9.17) is 38.4 Å². The van der Waals surface area contributed by atoms with E-state index >= 15 is 0 Å². The van der Waals surface area contributed by atoms with E-state index in [-0.39, 0.29) is 35.1 Å². The molecule has 1 aromatic carbocycles. The van der Waals surface area contributed by atoms with Crippen LogP contribution >= 0.6 is 44.8 Å². The number of carbonyl (C=O) groups is 2. The Kier molecular flexibility index (Phi) is 9.58. The van der Waals surface area contributed by atoms with E-state index in [2.05, 4.69) is 20.5 Å². The molecule has 0 aliphatic rings. The summed E-state index contributed by atoms with van der Waals surface area (Å²) in [6.07, 6.45) is -0.731. The molecule has 0 aliphatic carbocycles. The summed E-state index contributed by atoms with van der Waals surface area (Å²) in [6, 6.07) is 5.01. The van der Waals surface area contributed by atoms with E-state index < -0.39 is 6.09 Å². The Hall–Kier alpha value is -1.95. The lowest BCUT2D eigenvalue weighted by Gasteiger charge is -2.09. The van der Waals surface area contributed by atoms with Gasteiger partial charge in [-0.05, 0) is 6.07 Å². The van der Waals surface area contributed by atoms with Gasteiger partial charge in [-0.1, -0.05) is 56.9 Å². The third kappa shape index (κ3) is 7.77. The number of nitrogens with one attached hydrogen (secondary N) is 1. The van der Waals surface area contributed by atoms with Crippen LogP contribution in [0, 0.1) is 0 Å². The van der Waals surface area contributed by atoms with Crippen molar-refractivity contribution in [1.82, 2.24) is 15.2 Å². The summed E-state index contributed by atoms with van der Waals surface area (Å²) in [5.41, 5.74) is 6.63. The van der Waals surface area contributed by atoms with Gasteiger partial charge in [-0.25, -0.2) is 4.79 Å². The molecule has 0 saturated heterocycles. The number of ether oxygens (including phenoxy) is 2. The van der Waals surface area contributed by atoms with Gasteiger partial charge in [0.15, 0.2) is 5.82 Å². The number of amides is 1. The van der Waals surface area contributed by atoms with Gasteiger partial charge < -0.3 is 15.2 Å². The predicted molar refractivity (Wildman–Crippen MR) is 116 cm³/mol. The van der Waals surface area contributed by atoms with Crippen LogP contribution in [0.25, 0.3) is 11.3 Å². The van der Waals surface area contributed by atoms with Crippen LogP contribution in [0.5, 0.6) is 0 Å². The highest BCUT2D eigenvalue weighted by molar-refractivity contribution is 8.76. The van der Waals surface area contributed by atoms with Gasteiger partial charge in [-0.3, -0.25) is 10.1 Å². The van der Waals surface area contributed by atoms with E-state index in [1.807, 2.05) is 0 Å². The fraction of sp³-hybridized carbons (Fsp3) is 0.312. The van der Waals surface area contributed by atoms with Crippen LogP contribution in [0.3, 0.4) is 0 Å². The number of nitrogen functional groups attached to an aromatic ring is 1. The molecule has 156 valence electrons. The van der Waals surface area contributed by atoms with Gasteiger partial charge in [0, 0.05) is 24.0 Å². The minimum absolute atomic E-state index is 0.0270. The molecule has 0 aliphatic heterocycles. The quantitative estimate of drug-likeness (QED) is 0.311. The van der Waals surface area contributed by atoms with Crippen LogP contribution in [0.4, 0.5) is 16.6 Å². The summed E-state index contributed by atoms with van der Waals surface area (Å²) >= 11 is 12.1. The van der Waals surface area contributed by atoms with Crippen LogP contribution in [-0.2, 0) is 14.3 Å². The number of nitrogens with zero attached hydrogens (tertiary/aromatic N) is 3. The molecule has 0 fully saturated rings. The number of anilines is 2. The highest BCUT2D eigenvalue weighted by atomic mass is 35.5. The van der Waals surface area contributed by atoms with Gasteiger partial charge >= 0.3 is 12.1 Å². The van der Waals surface area contributed by atoms with Crippen LogP contribution in [-0.4, -0.2) is 52.0 Å². The first-order valence-corrected chi connectivity index (χ1v) is 11.4. The molecule has 2 rings (SSSR count). The molecule has 0 atom stereocenters. The highest BCUT2D eigenvalue weighted by Gasteiger charge is 2.15. The number of aromatic nitrogens is 3. The lowest BCUT2D eigenvalue weighted by atomic mass is 10.1. The number of carbonyl (C=O) groups excluding carboxylic acids is 2. The third-order valence-corrected chi connectivity index (χ3v) is 6.24. The number of nitrogens with two attached hydrogens (primary N) is 1.